The Bertz CT molecular complexity index is 410. The van der Waals surface area contributed by atoms with Crippen molar-refractivity contribution in [2.45, 2.75) is 109 Å². The molecule has 0 radical (unpaired) electrons. The molecule has 0 aliphatic carbocycles. The number of aliphatic carboxylic acids is 1. The molecule has 3 nitrogen and oxygen atoms in total. The average Bonchev–Trinajstić information content (AvgIpc) is 2.64. The summed E-state index contributed by atoms with van der Waals surface area (Å²) in [6.45, 7) is 2.26. The van der Waals surface area contributed by atoms with Gasteiger partial charge in [-0.3, -0.25) is 4.79 Å². The van der Waals surface area contributed by atoms with Crippen LogP contribution in [0.25, 0.3) is 0 Å². The molecule has 27 heavy (non-hydrogen) atoms. The number of hydrogen-bond acceptors (Lipinski definition) is 2. The quantitative estimate of drug-likeness (QED) is 0.188. The Balaban J connectivity index is 3.43. The van der Waals surface area contributed by atoms with Gasteiger partial charge in [-0.05, 0) is 51.4 Å². The molecular weight excluding hydrogens is 336 g/mol. The Hall–Kier alpha value is -1.35. The molecule has 1 unspecified atom stereocenters. The first kappa shape index (κ1) is 25.6. The molecule has 0 amide bonds. The molecule has 0 aromatic heterocycles. The molecule has 1 atom stereocenters. The lowest BCUT2D eigenvalue weighted by molar-refractivity contribution is -0.137. The standard InChI is InChI=1S/C24H42O3/c1-2-3-4-5-6-7-8-9-10-11-12-14-17-20-23(25)21-18-15-13-16-19-22-24(26)27/h10-11,13-15,17,23,25H,2-9,12,16,18-22H2,1H3,(H,26,27). The molecule has 0 saturated carbocycles. The molecule has 0 aliphatic heterocycles. The fourth-order valence-electron chi connectivity index (χ4n) is 2.87. The minimum absolute atomic E-state index is 0.227. The van der Waals surface area contributed by atoms with E-state index >= 15 is 0 Å². The van der Waals surface area contributed by atoms with Crippen LogP contribution < -0.4 is 0 Å². The topological polar surface area (TPSA) is 57.5 Å². The Morgan fingerprint density at radius 2 is 1.37 bits per heavy atom. The molecule has 0 aliphatic rings. The van der Waals surface area contributed by atoms with Gasteiger partial charge in [-0.2, -0.15) is 0 Å². The largest absolute Gasteiger partial charge is 0.481 e. The van der Waals surface area contributed by atoms with Crippen molar-refractivity contribution in [3.05, 3.63) is 36.5 Å². The van der Waals surface area contributed by atoms with Gasteiger partial charge in [0.05, 0.1) is 6.10 Å². The molecule has 3 heteroatoms. The van der Waals surface area contributed by atoms with Crippen molar-refractivity contribution in [2.24, 2.45) is 0 Å². The normalized spacial score (nSPS) is 13.3. The van der Waals surface area contributed by atoms with Crippen LogP contribution in [-0.4, -0.2) is 22.3 Å². The predicted octanol–water partition coefficient (Wildman–Crippen LogP) is 6.97. The highest BCUT2D eigenvalue weighted by atomic mass is 16.4. The van der Waals surface area contributed by atoms with Crippen LogP contribution in [0.3, 0.4) is 0 Å². The lowest BCUT2D eigenvalue weighted by atomic mass is 10.1. The van der Waals surface area contributed by atoms with Crippen LogP contribution in [0.2, 0.25) is 0 Å². The van der Waals surface area contributed by atoms with Crippen molar-refractivity contribution in [1.29, 1.82) is 0 Å². The molecule has 0 bridgehead atoms. The van der Waals surface area contributed by atoms with E-state index in [1.54, 1.807) is 0 Å². The molecule has 2 N–H and O–H groups in total. The summed E-state index contributed by atoms with van der Waals surface area (Å²) in [5.74, 6) is -0.738. The second-order valence-electron chi connectivity index (χ2n) is 7.31. The van der Waals surface area contributed by atoms with E-state index in [1.807, 2.05) is 12.2 Å². The molecule has 0 saturated heterocycles. The van der Waals surface area contributed by atoms with Crippen molar-refractivity contribution in [3.8, 4) is 0 Å². The maximum Gasteiger partial charge on any atom is 0.303 e. The molecule has 0 heterocycles. The van der Waals surface area contributed by atoms with Gasteiger partial charge in [0, 0.05) is 6.42 Å². The Kier molecular flexibility index (Phi) is 19.9. The minimum Gasteiger partial charge on any atom is -0.481 e. The number of aliphatic hydroxyl groups is 1. The summed E-state index contributed by atoms with van der Waals surface area (Å²) in [4.78, 5) is 10.4. The van der Waals surface area contributed by atoms with Gasteiger partial charge in [-0.25, -0.2) is 0 Å². The summed E-state index contributed by atoms with van der Waals surface area (Å²) in [5, 5.41) is 18.5. The first-order valence-electron chi connectivity index (χ1n) is 11.0. The van der Waals surface area contributed by atoms with Crippen molar-refractivity contribution in [1.82, 2.24) is 0 Å². The van der Waals surface area contributed by atoms with E-state index in [0.29, 0.717) is 12.8 Å². The number of hydrogen-bond donors (Lipinski definition) is 2. The predicted molar refractivity (Wildman–Crippen MR) is 116 cm³/mol. The van der Waals surface area contributed by atoms with Gasteiger partial charge in [0.25, 0.3) is 0 Å². The third kappa shape index (κ3) is 22.6. The van der Waals surface area contributed by atoms with Crippen molar-refractivity contribution in [2.75, 3.05) is 0 Å². The molecule has 0 aromatic rings. The van der Waals surface area contributed by atoms with Gasteiger partial charge in [0.15, 0.2) is 0 Å². The van der Waals surface area contributed by atoms with Gasteiger partial charge in [-0.15, -0.1) is 0 Å². The summed E-state index contributed by atoms with van der Waals surface area (Å²) in [7, 11) is 0. The minimum atomic E-state index is -0.738. The third-order valence-electron chi connectivity index (χ3n) is 4.58. The van der Waals surface area contributed by atoms with Crippen LogP contribution in [0.5, 0.6) is 0 Å². The van der Waals surface area contributed by atoms with Crippen LogP contribution in [0.1, 0.15) is 103 Å². The Morgan fingerprint density at radius 3 is 2.11 bits per heavy atom. The number of carboxylic acid groups (broad SMARTS) is 1. The van der Waals surface area contributed by atoms with E-state index in [-0.39, 0.29) is 12.5 Å². The summed E-state index contributed by atoms with van der Waals surface area (Å²) >= 11 is 0. The van der Waals surface area contributed by atoms with Crippen LogP contribution in [0, 0.1) is 0 Å². The number of carboxylic acids is 1. The van der Waals surface area contributed by atoms with Gasteiger partial charge in [-0.1, -0.05) is 81.9 Å². The van der Waals surface area contributed by atoms with Crippen LogP contribution >= 0.6 is 0 Å². The second kappa shape index (κ2) is 21.0. The van der Waals surface area contributed by atoms with Crippen molar-refractivity contribution in [3.63, 3.8) is 0 Å². The maximum atomic E-state index is 10.4. The molecular formula is C24H42O3. The Morgan fingerprint density at radius 1 is 0.778 bits per heavy atom. The van der Waals surface area contributed by atoms with E-state index < -0.39 is 5.97 Å². The molecule has 0 spiro atoms. The number of allylic oxidation sites excluding steroid dienone is 5. The van der Waals surface area contributed by atoms with E-state index in [0.717, 1.165) is 25.7 Å². The SMILES string of the molecule is CCCCCCCCCC=CCC=CCC(O)CCC=CCCCC(=O)O. The smallest absolute Gasteiger partial charge is 0.303 e. The zero-order valence-electron chi connectivity index (χ0n) is 17.5. The summed E-state index contributed by atoms with van der Waals surface area (Å²) in [6, 6.07) is 0. The number of aliphatic hydroxyl groups excluding tert-OH is 1. The molecule has 0 aromatic carbocycles. The van der Waals surface area contributed by atoms with Gasteiger partial charge >= 0.3 is 5.97 Å². The van der Waals surface area contributed by atoms with Gasteiger partial charge < -0.3 is 10.2 Å². The first-order chi connectivity index (χ1) is 13.2. The lowest BCUT2D eigenvalue weighted by Crippen LogP contribution is -2.03. The third-order valence-corrected chi connectivity index (χ3v) is 4.58. The number of carbonyl (C=O) groups is 1. The molecule has 156 valence electrons. The zero-order chi connectivity index (χ0) is 20.0. The van der Waals surface area contributed by atoms with Gasteiger partial charge in [0.2, 0.25) is 0 Å². The average molecular weight is 379 g/mol. The molecule has 0 fully saturated rings. The highest BCUT2D eigenvalue weighted by Gasteiger charge is 1.99. The van der Waals surface area contributed by atoms with Crippen LogP contribution in [0.4, 0.5) is 0 Å². The lowest BCUT2D eigenvalue weighted by Gasteiger charge is -2.04. The van der Waals surface area contributed by atoms with E-state index in [9.17, 15) is 9.90 Å². The van der Waals surface area contributed by atoms with Crippen LogP contribution in [-0.2, 0) is 4.79 Å². The van der Waals surface area contributed by atoms with E-state index in [4.69, 9.17) is 5.11 Å². The monoisotopic (exact) mass is 378 g/mol. The number of unbranched alkanes of at least 4 members (excludes halogenated alkanes) is 8. The number of rotatable bonds is 19. The highest BCUT2D eigenvalue weighted by molar-refractivity contribution is 5.66. The summed E-state index contributed by atoms with van der Waals surface area (Å²) in [6.07, 6.45) is 28.1. The highest BCUT2D eigenvalue weighted by Crippen LogP contribution is 2.09. The Labute approximate surface area is 167 Å². The fraction of sp³-hybridized carbons (Fsp3) is 0.708. The van der Waals surface area contributed by atoms with Gasteiger partial charge in [0.1, 0.15) is 0 Å². The molecule has 0 rings (SSSR count). The van der Waals surface area contributed by atoms with Crippen molar-refractivity contribution < 1.29 is 15.0 Å². The first-order valence-corrected chi connectivity index (χ1v) is 11.0. The van der Waals surface area contributed by atoms with Crippen molar-refractivity contribution >= 4 is 5.97 Å². The van der Waals surface area contributed by atoms with E-state index in [2.05, 4.69) is 31.2 Å². The zero-order valence-corrected chi connectivity index (χ0v) is 17.5. The van der Waals surface area contributed by atoms with Crippen LogP contribution in [0.15, 0.2) is 36.5 Å². The fourth-order valence-corrected chi connectivity index (χ4v) is 2.87. The summed E-state index contributed by atoms with van der Waals surface area (Å²) < 4.78 is 0. The second-order valence-corrected chi connectivity index (χ2v) is 7.31. The van der Waals surface area contributed by atoms with E-state index in [1.165, 1.54) is 51.4 Å². The maximum absolute atomic E-state index is 10.4. The summed E-state index contributed by atoms with van der Waals surface area (Å²) in [5.41, 5.74) is 0.